The summed E-state index contributed by atoms with van der Waals surface area (Å²) in [5.41, 5.74) is 8.43. The molecule has 1 heterocycles. The Bertz CT molecular complexity index is 1990. The average Bonchev–Trinajstić information content (AvgIpc) is 3.59. The number of alkyl halides is 3. The van der Waals surface area contributed by atoms with Gasteiger partial charge in [0, 0.05) is 29.1 Å². The third-order valence-corrected chi connectivity index (χ3v) is 10.2. The zero-order valence-corrected chi connectivity index (χ0v) is 31.0. The minimum absolute atomic E-state index is 0.0112. The molecular formula is C38H39Cl2F3N6O3S. The largest absolute Gasteiger partial charge is 0.416 e. The van der Waals surface area contributed by atoms with Crippen molar-refractivity contribution in [3.8, 4) is 0 Å². The van der Waals surface area contributed by atoms with E-state index in [1.807, 2.05) is 42.5 Å². The van der Waals surface area contributed by atoms with E-state index in [4.69, 9.17) is 38.9 Å². The molecule has 0 spiro atoms. The first-order valence-corrected chi connectivity index (χ1v) is 19.2. The van der Waals surface area contributed by atoms with Crippen LogP contribution in [0.1, 0.15) is 60.3 Å². The normalized spacial score (nSPS) is 15.4. The molecule has 15 heteroatoms. The van der Waals surface area contributed by atoms with Gasteiger partial charge in [-0.15, -0.1) is 4.40 Å². The van der Waals surface area contributed by atoms with Crippen molar-refractivity contribution in [2.45, 2.75) is 49.1 Å². The van der Waals surface area contributed by atoms with Crippen LogP contribution < -0.4 is 11.1 Å². The molecule has 1 aliphatic heterocycles. The first-order valence-electron chi connectivity index (χ1n) is 17.0. The van der Waals surface area contributed by atoms with Crippen LogP contribution in [0.2, 0.25) is 10.0 Å². The van der Waals surface area contributed by atoms with Crippen LogP contribution in [0, 0.1) is 0 Å². The summed E-state index contributed by atoms with van der Waals surface area (Å²) in [6, 6.07) is 27.8. The summed E-state index contributed by atoms with van der Waals surface area (Å²) in [6.07, 6.45) is -1.06. The standard InChI is InChI=1S/C38H39Cl2F3N6O3S/c39-31-17-13-29(14-18-31)36-34(27-8-4-3-5-9-27)26-49(46-36)37(48-53(50,51)33-21-19-32(40)20-22-33)45-24-7-2-1-6-10-35(47-52-25-23-44)28-11-15-30(16-12-28)38(41,42)43/h3-5,8-9,11-22,34H,1-2,6-7,10,23-26,44H2,(H,45,48). The molecule has 53 heavy (non-hydrogen) atoms. The maximum absolute atomic E-state index is 13.5. The summed E-state index contributed by atoms with van der Waals surface area (Å²) in [5.74, 6) is -0.101. The molecule has 0 bridgehead atoms. The Hall–Kier alpha value is -4.43. The van der Waals surface area contributed by atoms with Crippen molar-refractivity contribution >= 4 is 50.6 Å². The van der Waals surface area contributed by atoms with Crippen molar-refractivity contribution in [2.75, 3.05) is 26.2 Å². The summed E-state index contributed by atoms with van der Waals surface area (Å²) in [6.45, 7) is 1.16. The lowest BCUT2D eigenvalue weighted by Crippen LogP contribution is -2.39. The SMILES string of the molecule is NCCON=C(CCCCCCNC(=NS(=O)(=O)c1ccc(Cl)cc1)N1CC(c2ccccc2)C(c2ccc(Cl)cc2)=N1)c1ccc(C(F)(F)F)cc1. The number of hydrogen-bond donors (Lipinski definition) is 2. The quantitative estimate of drug-likeness (QED) is 0.0540. The summed E-state index contributed by atoms with van der Waals surface area (Å²) in [5, 5.41) is 14.8. The molecule has 0 aromatic heterocycles. The topological polar surface area (TPSA) is 122 Å². The highest BCUT2D eigenvalue weighted by Gasteiger charge is 2.33. The van der Waals surface area contributed by atoms with Crippen molar-refractivity contribution in [3.05, 3.63) is 135 Å². The smallest absolute Gasteiger partial charge is 0.394 e. The summed E-state index contributed by atoms with van der Waals surface area (Å²) in [7, 11) is -4.15. The molecule has 5 rings (SSSR count). The summed E-state index contributed by atoms with van der Waals surface area (Å²) in [4.78, 5) is 5.25. The molecule has 0 aliphatic carbocycles. The molecule has 0 saturated carbocycles. The molecule has 1 aliphatic rings. The molecule has 0 fully saturated rings. The number of hydrogen-bond acceptors (Lipinski definition) is 6. The van der Waals surface area contributed by atoms with Crippen LogP contribution in [0.25, 0.3) is 0 Å². The van der Waals surface area contributed by atoms with Crippen LogP contribution in [-0.2, 0) is 21.0 Å². The highest BCUT2D eigenvalue weighted by Crippen LogP contribution is 2.31. The van der Waals surface area contributed by atoms with Gasteiger partial charge in [0.05, 0.1) is 28.4 Å². The van der Waals surface area contributed by atoms with Gasteiger partial charge < -0.3 is 15.9 Å². The number of nitrogens with zero attached hydrogens (tertiary/aromatic N) is 4. The third-order valence-electron chi connectivity index (χ3n) is 8.37. The van der Waals surface area contributed by atoms with Gasteiger partial charge in [-0.25, -0.2) is 5.01 Å². The fourth-order valence-electron chi connectivity index (χ4n) is 5.65. The first kappa shape index (κ1) is 39.8. The number of sulfonamides is 1. The zero-order valence-electron chi connectivity index (χ0n) is 28.6. The van der Waals surface area contributed by atoms with E-state index in [2.05, 4.69) is 14.9 Å². The number of nitrogens with one attached hydrogen (secondary N) is 1. The van der Waals surface area contributed by atoms with Crippen molar-refractivity contribution < 1.29 is 26.4 Å². The minimum atomic E-state index is -4.44. The number of guanidine groups is 1. The highest BCUT2D eigenvalue weighted by molar-refractivity contribution is 7.90. The Morgan fingerprint density at radius 2 is 1.53 bits per heavy atom. The Balaban J connectivity index is 1.29. The number of unbranched alkanes of at least 4 members (excludes halogenated alkanes) is 3. The van der Waals surface area contributed by atoms with Crippen LogP contribution in [0.3, 0.4) is 0 Å². The van der Waals surface area contributed by atoms with Crippen molar-refractivity contribution in [1.82, 2.24) is 10.3 Å². The van der Waals surface area contributed by atoms with Crippen LogP contribution >= 0.6 is 23.2 Å². The highest BCUT2D eigenvalue weighted by atomic mass is 35.5. The lowest BCUT2D eigenvalue weighted by molar-refractivity contribution is -0.137. The van der Waals surface area contributed by atoms with Gasteiger partial charge in [-0.3, -0.25) is 0 Å². The second kappa shape index (κ2) is 18.6. The second-order valence-corrected chi connectivity index (χ2v) is 14.7. The molecule has 9 nitrogen and oxygen atoms in total. The van der Waals surface area contributed by atoms with E-state index in [-0.39, 0.29) is 29.9 Å². The summed E-state index contributed by atoms with van der Waals surface area (Å²) >= 11 is 12.2. The second-order valence-electron chi connectivity index (χ2n) is 12.2. The molecule has 1 unspecified atom stereocenters. The van der Waals surface area contributed by atoms with E-state index in [9.17, 15) is 21.6 Å². The van der Waals surface area contributed by atoms with Crippen LogP contribution in [-0.4, -0.2) is 57.1 Å². The molecule has 3 N–H and O–H groups in total. The number of halogens is 5. The van der Waals surface area contributed by atoms with E-state index >= 15 is 0 Å². The Labute approximate surface area is 317 Å². The molecule has 0 radical (unpaired) electrons. The van der Waals surface area contributed by atoms with E-state index in [0.29, 0.717) is 53.7 Å². The first-order chi connectivity index (χ1) is 25.4. The van der Waals surface area contributed by atoms with Crippen molar-refractivity contribution in [2.24, 2.45) is 20.4 Å². The van der Waals surface area contributed by atoms with Gasteiger partial charge in [0.1, 0.15) is 6.61 Å². The molecular weight excluding hydrogens is 748 g/mol. The van der Waals surface area contributed by atoms with Gasteiger partial charge in [0.25, 0.3) is 10.0 Å². The van der Waals surface area contributed by atoms with Gasteiger partial charge in [-0.2, -0.15) is 26.7 Å². The predicted molar refractivity (Wildman–Crippen MR) is 204 cm³/mol. The van der Waals surface area contributed by atoms with Crippen molar-refractivity contribution in [1.29, 1.82) is 0 Å². The van der Waals surface area contributed by atoms with Gasteiger partial charge in [-0.1, -0.05) is 95.8 Å². The molecule has 0 saturated heterocycles. The van der Waals surface area contributed by atoms with Crippen LogP contribution in [0.15, 0.2) is 123 Å². The Morgan fingerprint density at radius 3 is 2.17 bits per heavy atom. The van der Waals surface area contributed by atoms with Crippen LogP contribution in [0.5, 0.6) is 0 Å². The Morgan fingerprint density at radius 1 is 0.887 bits per heavy atom. The molecule has 4 aromatic rings. The third kappa shape index (κ3) is 11.3. The monoisotopic (exact) mass is 786 g/mol. The van der Waals surface area contributed by atoms with Gasteiger partial charge >= 0.3 is 6.18 Å². The molecule has 280 valence electrons. The van der Waals surface area contributed by atoms with Gasteiger partial charge in [0.2, 0.25) is 5.96 Å². The number of benzene rings is 4. The summed E-state index contributed by atoms with van der Waals surface area (Å²) < 4.78 is 70.5. The van der Waals surface area contributed by atoms with Gasteiger partial charge in [-0.05, 0) is 84.5 Å². The van der Waals surface area contributed by atoms with Crippen LogP contribution in [0.4, 0.5) is 13.2 Å². The van der Waals surface area contributed by atoms with E-state index in [0.717, 1.165) is 41.8 Å². The maximum atomic E-state index is 13.5. The number of rotatable bonds is 15. The molecule has 4 aromatic carbocycles. The van der Waals surface area contributed by atoms with E-state index in [1.54, 1.807) is 17.1 Å². The number of oxime groups is 1. The maximum Gasteiger partial charge on any atom is 0.416 e. The Kier molecular flexibility index (Phi) is 13.9. The van der Waals surface area contributed by atoms with E-state index < -0.39 is 21.8 Å². The average molecular weight is 788 g/mol. The van der Waals surface area contributed by atoms with Crippen molar-refractivity contribution in [3.63, 3.8) is 0 Å². The molecule has 0 amide bonds. The van der Waals surface area contributed by atoms with Gasteiger partial charge in [0.15, 0.2) is 0 Å². The fourth-order valence-corrected chi connectivity index (χ4v) is 6.87. The number of nitrogens with two attached hydrogens (primary N) is 1. The predicted octanol–water partition coefficient (Wildman–Crippen LogP) is 8.48. The fraction of sp³-hybridized carbons (Fsp3) is 0.289. The minimum Gasteiger partial charge on any atom is -0.394 e. The lowest BCUT2D eigenvalue weighted by atomic mass is 9.91. The molecule has 1 atom stereocenters. The zero-order chi connectivity index (χ0) is 37.8. The van der Waals surface area contributed by atoms with E-state index in [1.165, 1.54) is 36.4 Å². The number of hydrazone groups is 1. The lowest BCUT2D eigenvalue weighted by Gasteiger charge is -2.19.